The molecule has 0 fully saturated rings. The summed E-state index contributed by atoms with van der Waals surface area (Å²) in [5.74, 6) is 1.50. The zero-order valence-corrected chi connectivity index (χ0v) is 14.0. The molecule has 1 aliphatic heterocycles. The lowest BCUT2D eigenvalue weighted by Gasteiger charge is -2.20. The van der Waals surface area contributed by atoms with Crippen LogP contribution in [0.2, 0.25) is 5.02 Å². The van der Waals surface area contributed by atoms with E-state index < -0.39 is 0 Å². The molecular formula is C15H15BrClN3O. The van der Waals surface area contributed by atoms with Gasteiger partial charge in [-0.05, 0) is 25.1 Å². The second-order valence-corrected chi connectivity index (χ2v) is 6.10. The van der Waals surface area contributed by atoms with E-state index in [1.807, 2.05) is 25.1 Å². The lowest BCUT2D eigenvalue weighted by atomic mass is 10.1. The van der Waals surface area contributed by atoms with E-state index in [-0.39, 0.29) is 0 Å². The standard InChI is InChI=1S/C15H15BrClN3O/c1-2-18-14-11-8-21-6-5-13(11)19-15(20-14)10-4-3-9(16)7-12(10)17/h3-4,7H,2,5-6,8H2,1H3,(H,18,19,20). The van der Waals surface area contributed by atoms with Crippen LogP contribution >= 0.6 is 27.5 Å². The molecule has 2 heterocycles. The Bertz CT molecular complexity index is 678. The fourth-order valence-corrected chi connectivity index (χ4v) is 3.09. The van der Waals surface area contributed by atoms with Crippen molar-refractivity contribution in [2.45, 2.75) is 20.0 Å². The van der Waals surface area contributed by atoms with E-state index in [1.54, 1.807) is 0 Å². The van der Waals surface area contributed by atoms with Crippen LogP contribution in [-0.2, 0) is 17.8 Å². The van der Waals surface area contributed by atoms with E-state index >= 15 is 0 Å². The van der Waals surface area contributed by atoms with Gasteiger partial charge in [0.1, 0.15) is 5.82 Å². The van der Waals surface area contributed by atoms with Gasteiger partial charge in [0.25, 0.3) is 0 Å². The molecule has 0 spiro atoms. The molecule has 4 nitrogen and oxygen atoms in total. The first-order valence-corrected chi connectivity index (χ1v) is 8.03. The zero-order chi connectivity index (χ0) is 14.8. The van der Waals surface area contributed by atoms with Crippen LogP contribution in [0.4, 0.5) is 5.82 Å². The maximum Gasteiger partial charge on any atom is 0.163 e. The minimum absolute atomic E-state index is 0.562. The molecule has 0 bridgehead atoms. The lowest BCUT2D eigenvalue weighted by Crippen LogP contribution is -2.17. The molecule has 0 saturated heterocycles. The Hall–Kier alpha value is -1.17. The van der Waals surface area contributed by atoms with Crippen molar-refractivity contribution in [2.75, 3.05) is 18.5 Å². The lowest BCUT2D eigenvalue weighted by molar-refractivity contribution is 0.109. The fourth-order valence-electron chi connectivity index (χ4n) is 2.34. The third-order valence-corrected chi connectivity index (χ3v) is 4.14. The Labute approximate surface area is 137 Å². The Kier molecular flexibility index (Phi) is 4.42. The Balaban J connectivity index is 2.12. The Morgan fingerprint density at radius 2 is 2.24 bits per heavy atom. The minimum atomic E-state index is 0.562. The van der Waals surface area contributed by atoms with Gasteiger partial charge < -0.3 is 10.1 Å². The maximum atomic E-state index is 6.32. The van der Waals surface area contributed by atoms with Gasteiger partial charge in [-0.1, -0.05) is 27.5 Å². The highest BCUT2D eigenvalue weighted by molar-refractivity contribution is 9.10. The number of anilines is 1. The van der Waals surface area contributed by atoms with Gasteiger partial charge in [0.05, 0.1) is 23.9 Å². The summed E-state index contributed by atoms with van der Waals surface area (Å²) < 4.78 is 6.46. The number of aromatic nitrogens is 2. The van der Waals surface area contributed by atoms with Crippen molar-refractivity contribution in [3.63, 3.8) is 0 Å². The molecular weight excluding hydrogens is 354 g/mol. The van der Waals surface area contributed by atoms with Crippen LogP contribution in [-0.4, -0.2) is 23.1 Å². The molecule has 1 aromatic heterocycles. The van der Waals surface area contributed by atoms with Gasteiger partial charge in [0, 0.05) is 28.6 Å². The molecule has 110 valence electrons. The second-order valence-electron chi connectivity index (χ2n) is 4.78. The summed E-state index contributed by atoms with van der Waals surface area (Å²) in [6, 6.07) is 5.74. The highest BCUT2D eigenvalue weighted by Crippen LogP contribution is 2.31. The van der Waals surface area contributed by atoms with Gasteiger partial charge in [0.15, 0.2) is 5.82 Å². The molecule has 0 unspecified atom stereocenters. The van der Waals surface area contributed by atoms with Crippen molar-refractivity contribution in [3.05, 3.63) is 39.0 Å². The highest BCUT2D eigenvalue weighted by atomic mass is 79.9. The SMILES string of the molecule is CCNc1nc(-c2ccc(Br)cc2Cl)nc2c1COCC2. The van der Waals surface area contributed by atoms with Crippen LogP contribution in [0.15, 0.2) is 22.7 Å². The molecule has 0 atom stereocenters. The Morgan fingerprint density at radius 1 is 1.38 bits per heavy atom. The first-order chi connectivity index (χ1) is 10.2. The van der Waals surface area contributed by atoms with Crippen molar-refractivity contribution < 1.29 is 4.74 Å². The monoisotopic (exact) mass is 367 g/mol. The van der Waals surface area contributed by atoms with Gasteiger partial charge in [-0.15, -0.1) is 0 Å². The van der Waals surface area contributed by atoms with Gasteiger partial charge in [0.2, 0.25) is 0 Å². The number of benzene rings is 1. The summed E-state index contributed by atoms with van der Waals surface area (Å²) in [6.07, 6.45) is 0.803. The predicted molar refractivity (Wildman–Crippen MR) is 87.7 cm³/mol. The average Bonchev–Trinajstić information content (AvgIpc) is 2.47. The van der Waals surface area contributed by atoms with E-state index in [4.69, 9.17) is 16.3 Å². The molecule has 2 aromatic rings. The van der Waals surface area contributed by atoms with Crippen LogP contribution in [0.5, 0.6) is 0 Å². The zero-order valence-electron chi connectivity index (χ0n) is 11.6. The maximum absolute atomic E-state index is 6.32. The molecule has 3 rings (SSSR count). The van der Waals surface area contributed by atoms with Crippen molar-refractivity contribution >= 4 is 33.3 Å². The number of nitrogens with zero attached hydrogens (tertiary/aromatic N) is 2. The van der Waals surface area contributed by atoms with Crippen LogP contribution in [0.25, 0.3) is 11.4 Å². The second kappa shape index (κ2) is 6.30. The normalized spacial score (nSPS) is 13.9. The van der Waals surface area contributed by atoms with E-state index in [0.717, 1.165) is 40.1 Å². The van der Waals surface area contributed by atoms with E-state index in [2.05, 4.69) is 31.2 Å². The van der Waals surface area contributed by atoms with Crippen LogP contribution in [0, 0.1) is 0 Å². The topological polar surface area (TPSA) is 47.0 Å². The average molecular weight is 369 g/mol. The smallest absolute Gasteiger partial charge is 0.163 e. The summed E-state index contributed by atoms with van der Waals surface area (Å²) in [7, 11) is 0. The van der Waals surface area contributed by atoms with Crippen LogP contribution in [0.1, 0.15) is 18.2 Å². The largest absolute Gasteiger partial charge is 0.376 e. The third-order valence-electron chi connectivity index (χ3n) is 3.34. The minimum Gasteiger partial charge on any atom is -0.376 e. The predicted octanol–water partition coefficient (Wildman–Crippen LogP) is 4.06. The van der Waals surface area contributed by atoms with E-state index in [1.165, 1.54) is 0 Å². The van der Waals surface area contributed by atoms with Crippen molar-refractivity contribution in [1.82, 2.24) is 9.97 Å². The van der Waals surface area contributed by atoms with Crippen molar-refractivity contribution in [3.8, 4) is 11.4 Å². The molecule has 1 aliphatic rings. The molecule has 0 amide bonds. The number of ether oxygens (including phenoxy) is 1. The van der Waals surface area contributed by atoms with Crippen LogP contribution < -0.4 is 5.32 Å². The van der Waals surface area contributed by atoms with Gasteiger partial charge in [-0.25, -0.2) is 9.97 Å². The number of halogens is 2. The first kappa shape index (κ1) is 14.8. The molecule has 0 radical (unpaired) electrons. The third kappa shape index (κ3) is 3.05. The molecule has 0 saturated carbocycles. The molecule has 6 heteroatoms. The van der Waals surface area contributed by atoms with Gasteiger partial charge in [-0.2, -0.15) is 0 Å². The summed E-state index contributed by atoms with van der Waals surface area (Å²) in [5, 5.41) is 3.93. The fraction of sp³-hybridized carbons (Fsp3) is 0.333. The van der Waals surface area contributed by atoms with Gasteiger partial charge in [-0.3, -0.25) is 0 Å². The molecule has 0 aliphatic carbocycles. The highest BCUT2D eigenvalue weighted by Gasteiger charge is 2.19. The van der Waals surface area contributed by atoms with Crippen molar-refractivity contribution in [2.24, 2.45) is 0 Å². The summed E-state index contributed by atoms with van der Waals surface area (Å²) in [4.78, 5) is 9.32. The van der Waals surface area contributed by atoms with Crippen LogP contribution in [0.3, 0.4) is 0 Å². The number of fused-ring (bicyclic) bond motifs is 1. The Morgan fingerprint density at radius 3 is 3.00 bits per heavy atom. The number of hydrogen-bond donors (Lipinski definition) is 1. The number of nitrogens with one attached hydrogen (secondary N) is 1. The molecule has 1 N–H and O–H groups in total. The number of rotatable bonds is 3. The first-order valence-electron chi connectivity index (χ1n) is 6.86. The van der Waals surface area contributed by atoms with E-state index in [9.17, 15) is 0 Å². The van der Waals surface area contributed by atoms with Crippen molar-refractivity contribution in [1.29, 1.82) is 0 Å². The van der Waals surface area contributed by atoms with Gasteiger partial charge >= 0.3 is 0 Å². The summed E-state index contributed by atoms with van der Waals surface area (Å²) in [5.41, 5.74) is 2.94. The molecule has 1 aromatic carbocycles. The summed E-state index contributed by atoms with van der Waals surface area (Å²) >= 11 is 9.74. The quantitative estimate of drug-likeness (QED) is 0.887. The summed E-state index contributed by atoms with van der Waals surface area (Å²) in [6.45, 7) is 4.11. The van der Waals surface area contributed by atoms with E-state index in [0.29, 0.717) is 24.1 Å². The molecule has 21 heavy (non-hydrogen) atoms. The number of hydrogen-bond acceptors (Lipinski definition) is 4.